The summed E-state index contributed by atoms with van der Waals surface area (Å²) in [6.45, 7) is 7.93. The molecular formula is C16H24N4O. The molecule has 0 spiro atoms. The highest BCUT2D eigenvalue weighted by Gasteiger charge is 2.18. The van der Waals surface area contributed by atoms with Crippen molar-refractivity contribution in [3.05, 3.63) is 22.9 Å². The molecule has 0 radical (unpaired) electrons. The van der Waals surface area contributed by atoms with Gasteiger partial charge in [0.2, 0.25) is 0 Å². The maximum Gasteiger partial charge on any atom is 0.144 e. The molecule has 0 aliphatic carbocycles. The summed E-state index contributed by atoms with van der Waals surface area (Å²) in [6, 6.07) is 4.08. The molecule has 0 aromatic carbocycles. The van der Waals surface area contributed by atoms with Gasteiger partial charge >= 0.3 is 0 Å². The molecule has 1 aromatic rings. The van der Waals surface area contributed by atoms with E-state index in [4.69, 9.17) is 0 Å². The van der Waals surface area contributed by atoms with E-state index in [1.165, 1.54) is 0 Å². The minimum Gasteiger partial charge on any atom is -0.396 e. The van der Waals surface area contributed by atoms with E-state index in [9.17, 15) is 10.4 Å². The molecule has 0 unspecified atom stereocenters. The maximum atomic E-state index is 9.25. The van der Waals surface area contributed by atoms with Crippen LogP contribution in [-0.2, 0) is 0 Å². The lowest BCUT2D eigenvalue weighted by molar-refractivity contribution is 0.123. The lowest BCUT2D eigenvalue weighted by Gasteiger charge is -2.31. The Hall–Kier alpha value is -1.64. The van der Waals surface area contributed by atoms with Crippen molar-refractivity contribution in [1.29, 1.82) is 5.26 Å². The zero-order chi connectivity index (χ0) is 15.2. The van der Waals surface area contributed by atoms with E-state index in [1.807, 2.05) is 19.9 Å². The van der Waals surface area contributed by atoms with Crippen LogP contribution in [0, 0.1) is 31.1 Å². The number of aliphatic hydroxyl groups excluding tert-OH is 1. The van der Waals surface area contributed by atoms with Gasteiger partial charge in [0.15, 0.2) is 0 Å². The third-order valence-corrected chi connectivity index (χ3v) is 4.17. The molecular weight excluding hydrogens is 264 g/mol. The highest BCUT2D eigenvalue weighted by molar-refractivity contribution is 5.54. The molecule has 1 fully saturated rings. The minimum atomic E-state index is 0.279. The summed E-state index contributed by atoms with van der Waals surface area (Å²) < 4.78 is 0. The number of nitrogens with zero attached hydrogens (tertiary/aromatic N) is 3. The van der Waals surface area contributed by atoms with Crippen LogP contribution in [0.15, 0.2) is 6.07 Å². The molecule has 21 heavy (non-hydrogen) atoms. The SMILES string of the molecule is Cc1cc(C#N)c(NCCN2CCC[C@@H](CO)C2)nc1C. The van der Waals surface area contributed by atoms with Crippen LogP contribution in [0.1, 0.15) is 29.7 Å². The summed E-state index contributed by atoms with van der Waals surface area (Å²) in [5.41, 5.74) is 2.60. The Kier molecular flexibility index (Phi) is 5.54. The predicted octanol–water partition coefficient (Wildman–Crippen LogP) is 1.69. The molecule has 2 N–H and O–H groups in total. The predicted molar refractivity (Wildman–Crippen MR) is 83.2 cm³/mol. The molecule has 1 aromatic heterocycles. The molecule has 1 aliphatic rings. The first-order valence-electron chi connectivity index (χ1n) is 7.59. The smallest absolute Gasteiger partial charge is 0.144 e. The van der Waals surface area contributed by atoms with Crippen LogP contribution in [0.3, 0.4) is 0 Å². The van der Waals surface area contributed by atoms with Crippen molar-refractivity contribution in [2.75, 3.05) is 38.1 Å². The standard InChI is InChI=1S/C16H24N4O/c1-12-8-15(9-17)16(19-13(12)2)18-5-7-20-6-3-4-14(10-20)11-21/h8,14,21H,3-7,10-11H2,1-2H3,(H,18,19)/t14-/m1/s1. The number of aliphatic hydroxyl groups is 1. The van der Waals surface area contributed by atoms with E-state index in [0.29, 0.717) is 17.3 Å². The van der Waals surface area contributed by atoms with Crippen LogP contribution < -0.4 is 5.32 Å². The van der Waals surface area contributed by atoms with Gasteiger partial charge in [-0.3, -0.25) is 0 Å². The molecule has 1 atom stereocenters. The van der Waals surface area contributed by atoms with Crippen molar-refractivity contribution >= 4 is 5.82 Å². The molecule has 0 saturated carbocycles. The average Bonchev–Trinajstić information content (AvgIpc) is 2.50. The number of nitriles is 1. The number of aromatic nitrogens is 1. The van der Waals surface area contributed by atoms with Crippen LogP contribution in [0.2, 0.25) is 0 Å². The molecule has 5 heteroatoms. The van der Waals surface area contributed by atoms with Gasteiger partial charge in [0, 0.05) is 31.9 Å². The van der Waals surface area contributed by atoms with Crippen molar-refractivity contribution in [3.8, 4) is 6.07 Å². The number of rotatable bonds is 5. The second-order valence-electron chi connectivity index (χ2n) is 5.82. The first kappa shape index (κ1) is 15.7. The Bertz CT molecular complexity index is 524. The summed E-state index contributed by atoms with van der Waals surface area (Å²) in [5, 5.41) is 21.7. The van der Waals surface area contributed by atoms with Gasteiger partial charge in [-0.1, -0.05) is 0 Å². The molecule has 1 saturated heterocycles. The van der Waals surface area contributed by atoms with E-state index in [1.54, 1.807) is 0 Å². The number of hydrogen-bond acceptors (Lipinski definition) is 5. The number of piperidine rings is 1. The number of aryl methyl sites for hydroxylation is 2. The van der Waals surface area contributed by atoms with E-state index in [0.717, 1.165) is 50.3 Å². The number of likely N-dealkylation sites (tertiary alicyclic amines) is 1. The van der Waals surface area contributed by atoms with Crippen molar-refractivity contribution in [1.82, 2.24) is 9.88 Å². The van der Waals surface area contributed by atoms with Crippen LogP contribution in [-0.4, -0.2) is 47.8 Å². The van der Waals surface area contributed by atoms with E-state index >= 15 is 0 Å². The van der Waals surface area contributed by atoms with Gasteiger partial charge in [-0.15, -0.1) is 0 Å². The third-order valence-electron chi connectivity index (χ3n) is 4.17. The maximum absolute atomic E-state index is 9.25. The summed E-state index contributed by atoms with van der Waals surface area (Å²) >= 11 is 0. The topological polar surface area (TPSA) is 72.2 Å². The van der Waals surface area contributed by atoms with Gasteiger partial charge in [0.1, 0.15) is 11.9 Å². The van der Waals surface area contributed by atoms with Gasteiger partial charge in [-0.05, 0) is 50.8 Å². The quantitative estimate of drug-likeness (QED) is 0.862. The molecule has 1 aliphatic heterocycles. The third kappa shape index (κ3) is 4.16. The number of pyridine rings is 1. The number of hydrogen-bond donors (Lipinski definition) is 2. The monoisotopic (exact) mass is 288 g/mol. The fourth-order valence-corrected chi connectivity index (χ4v) is 2.76. The fraction of sp³-hybridized carbons (Fsp3) is 0.625. The van der Waals surface area contributed by atoms with Crippen LogP contribution >= 0.6 is 0 Å². The van der Waals surface area contributed by atoms with Crippen molar-refractivity contribution in [2.24, 2.45) is 5.92 Å². The van der Waals surface area contributed by atoms with Crippen LogP contribution in [0.25, 0.3) is 0 Å². The van der Waals surface area contributed by atoms with Crippen LogP contribution in [0.4, 0.5) is 5.82 Å². The minimum absolute atomic E-state index is 0.279. The van der Waals surface area contributed by atoms with Crippen LogP contribution in [0.5, 0.6) is 0 Å². The van der Waals surface area contributed by atoms with Crippen molar-refractivity contribution in [2.45, 2.75) is 26.7 Å². The summed E-state index contributed by atoms with van der Waals surface area (Å²) in [4.78, 5) is 6.83. The normalized spacial score (nSPS) is 19.2. The Morgan fingerprint density at radius 2 is 2.33 bits per heavy atom. The first-order chi connectivity index (χ1) is 10.1. The average molecular weight is 288 g/mol. The molecule has 0 amide bonds. The second kappa shape index (κ2) is 7.39. The fourth-order valence-electron chi connectivity index (χ4n) is 2.76. The second-order valence-corrected chi connectivity index (χ2v) is 5.82. The molecule has 0 bridgehead atoms. The Morgan fingerprint density at radius 3 is 3.05 bits per heavy atom. The van der Waals surface area contributed by atoms with Gasteiger partial charge in [-0.2, -0.15) is 5.26 Å². The highest BCUT2D eigenvalue weighted by atomic mass is 16.3. The van der Waals surface area contributed by atoms with E-state index in [-0.39, 0.29) is 6.61 Å². The first-order valence-corrected chi connectivity index (χ1v) is 7.59. The Morgan fingerprint density at radius 1 is 1.52 bits per heavy atom. The largest absolute Gasteiger partial charge is 0.396 e. The van der Waals surface area contributed by atoms with Gasteiger partial charge in [-0.25, -0.2) is 4.98 Å². The molecule has 2 heterocycles. The number of nitrogens with one attached hydrogen (secondary N) is 1. The van der Waals surface area contributed by atoms with Gasteiger partial charge in [0.25, 0.3) is 0 Å². The highest BCUT2D eigenvalue weighted by Crippen LogP contribution is 2.17. The summed E-state index contributed by atoms with van der Waals surface area (Å²) in [6.07, 6.45) is 2.27. The molecule has 2 rings (SSSR count). The summed E-state index contributed by atoms with van der Waals surface area (Å²) in [5.74, 6) is 1.09. The van der Waals surface area contributed by atoms with Crippen molar-refractivity contribution in [3.63, 3.8) is 0 Å². The van der Waals surface area contributed by atoms with E-state index in [2.05, 4.69) is 21.3 Å². The lowest BCUT2D eigenvalue weighted by Crippen LogP contribution is -2.39. The van der Waals surface area contributed by atoms with Gasteiger partial charge < -0.3 is 15.3 Å². The summed E-state index contributed by atoms with van der Waals surface area (Å²) in [7, 11) is 0. The van der Waals surface area contributed by atoms with Crippen molar-refractivity contribution < 1.29 is 5.11 Å². The molecule has 114 valence electrons. The zero-order valence-corrected chi connectivity index (χ0v) is 12.9. The number of anilines is 1. The zero-order valence-electron chi connectivity index (χ0n) is 12.9. The molecule has 5 nitrogen and oxygen atoms in total. The Labute approximate surface area is 126 Å². The van der Waals surface area contributed by atoms with E-state index < -0.39 is 0 Å². The van der Waals surface area contributed by atoms with Gasteiger partial charge in [0.05, 0.1) is 5.56 Å². The Balaban J connectivity index is 1.89. The lowest BCUT2D eigenvalue weighted by atomic mass is 9.99.